The van der Waals surface area contributed by atoms with Crippen molar-refractivity contribution in [1.82, 2.24) is 14.7 Å². The van der Waals surface area contributed by atoms with E-state index >= 15 is 0 Å². The molecule has 3 aromatic rings. The van der Waals surface area contributed by atoms with E-state index in [1.165, 1.54) is 6.07 Å². The van der Waals surface area contributed by atoms with Crippen LogP contribution in [0, 0.1) is 5.82 Å². The largest absolute Gasteiger partial charge is 0.310 e. The van der Waals surface area contributed by atoms with E-state index in [-0.39, 0.29) is 11.9 Å². The molecule has 2 heterocycles. The lowest BCUT2D eigenvalue weighted by Crippen LogP contribution is -2.23. The molecule has 1 N–H and O–H groups in total. The summed E-state index contributed by atoms with van der Waals surface area (Å²) in [4.78, 5) is 5.59. The van der Waals surface area contributed by atoms with Gasteiger partial charge < -0.3 is 5.32 Å². The van der Waals surface area contributed by atoms with Gasteiger partial charge in [0.1, 0.15) is 5.82 Å². The molecular weight excluding hydrogens is 273 g/mol. The molecule has 3 rings (SSSR count). The van der Waals surface area contributed by atoms with E-state index in [1.807, 2.05) is 28.2 Å². The number of thiazole rings is 1. The lowest BCUT2D eigenvalue weighted by molar-refractivity contribution is 0.538. The van der Waals surface area contributed by atoms with Gasteiger partial charge in [0.2, 0.25) is 0 Å². The average molecular weight is 289 g/mol. The van der Waals surface area contributed by atoms with Crippen molar-refractivity contribution in [3.63, 3.8) is 0 Å². The van der Waals surface area contributed by atoms with E-state index in [2.05, 4.69) is 17.2 Å². The average Bonchev–Trinajstić information content (AvgIpc) is 2.99. The molecule has 0 spiro atoms. The number of nitrogens with one attached hydrogen (secondary N) is 1. The Morgan fingerprint density at radius 1 is 1.45 bits per heavy atom. The highest BCUT2D eigenvalue weighted by atomic mass is 32.1. The summed E-state index contributed by atoms with van der Waals surface area (Å²) < 4.78 is 15.4. The quantitative estimate of drug-likeness (QED) is 0.779. The van der Waals surface area contributed by atoms with Crippen molar-refractivity contribution in [1.29, 1.82) is 0 Å². The summed E-state index contributed by atoms with van der Waals surface area (Å²) in [5, 5.41) is 5.41. The molecule has 20 heavy (non-hydrogen) atoms. The molecule has 104 valence electrons. The molecule has 0 bridgehead atoms. The van der Waals surface area contributed by atoms with Gasteiger partial charge in [0.25, 0.3) is 0 Å². The summed E-state index contributed by atoms with van der Waals surface area (Å²) in [7, 11) is 0. The van der Waals surface area contributed by atoms with Crippen molar-refractivity contribution in [2.45, 2.75) is 19.4 Å². The molecule has 0 saturated heterocycles. The predicted octanol–water partition coefficient (Wildman–Crippen LogP) is 3.43. The molecule has 3 nitrogen and oxygen atoms in total. The van der Waals surface area contributed by atoms with E-state index in [9.17, 15) is 4.39 Å². The van der Waals surface area contributed by atoms with Crippen LogP contribution in [0.25, 0.3) is 4.96 Å². The third-order valence-electron chi connectivity index (χ3n) is 3.26. The van der Waals surface area contributed by atoms with Gasteiger partial charge in [-0.05, 0) is 24.2 Å². The molecule has 5 heteroatoms. The van der Waals surface area contributed by atoms with Crippen LogP contribution in [0.15, 0.2) is 42.0 Å². The first kappa shape index (κ1) is 13.3. The van der Waals surface area contributed by atoms with Crippen LogP contribution in [0.5, 0.6) is 0 Å². The zero-order valence-electron chi connectivity index (χ0n) is 11.2. The number of benzene rings is 1. The van der Waals surface area contributed by atoms with Gasteiger partial charge in [0.15, 0.2) is 4.96 Å². The van der Waals surface area contributed by atoms with Crippen LogP contribution in [0.1, 0.15) is 24.2 Å². The molecule has 0 saturated carbocycles. The standard InChI is InChI=1S/C15H16FN3S/c1-2-17-14(11-4-3-5-12(16)8-11)9-13-10-19-6-7-20-15(19)18-13/h3-8,10,14,17H,2,9H2,1H3. The summed E-state index contributed by atoms with van der Waals surface area (Å²) in [5.41, 5.74) is 1.98. The van der Waals surface area contributed by atoms with Crippen molar-refractivity contribution in [3.8, 4) is 0 Å². The maximum atomic E-state index is 13.4. The SMILES string of the molecule is CCNC(Cc1cn2ccsc2n1)c1cccc(F)c1. The Kier molecular flexibility index (Phi) is 3.80. The predicted molar refractivity (Wildman–Crippen MR) is 79.6 cm³/mol. The highest BCUT2D eigenvalue weighted by Gasteiger charge is 2.14. The molecule has 1 aromatic carbocycles. The summed E-state index contributed by atoms with van der Waals surface area (Å²) in [6.45, 7) is 2.89. The van der Waals surface area contributed by atoms with Gasteiger partial charge in [-0.1, -0.05) is 19.1 Å². The molecule has 0 fully saturated rings. The van der Waals surface area contributed by atoms with Crippen LogP contribution >= 0.6 is 11.3 Å². The van der Waals surface area contributed by atoms with Crippen molar-refractivity contribution in [3.05, 3.63) is 59.1 Å². The molecule has 0 amide bonds. The van der Waals surface area contributed by atoms with Gasteiger partial charge in [-0.25, -0.2) is 9.37 Å². The van der Waals surface area contributed by atoms with E-state index < -0.39 is 0 Å². The number of hydrogen-bond acceptors (Lipinski definition) is 3. The van der Waals surface area contributed by atoms with Gasteiger partial charge in [-0.3, -0.25) is 4.40 Å². The minimum Gasteiger partial charge on any atom is -0.310 e. The first-order valence-electron chi connectivity index (χ1n) is 6.66. The van der Waals surface area contributed by atoms with E-state index in [1.54, 1.807) is 23.5 Å². The molecular formula is C15H16FN3S. The second kappa shape index (κ2) is 5.73. The van der Waals surface area contributed by atoms with E-state index in [4.69, 9.17) is 0 Å². The monoisotopic (exact) mass is 289 g/mol. The molecule has 0 aliphatic rings. The summed E-state index contributed by atoms with van der Waals surface area (Å²) >= 11 is 1.62. The fraction of sp³-hybridized carbons (Fsp3) is 0.267. The summed E-state index contributed by atoms with van der Waals surface area (Å²) in [6.07, 6.45) is 4.79. The zero-order chi connectivity index (χ0) is 13.9. The van der Waals surface area contributed by atoms with Crippen molar-refractivity contribution in [2.24, 2.45) is 0 Å². The minimum atomic E-state index is -0.198. The van der Waals surface area contributed by atoms with Gasteiger partial charge in [0.05, 0.1) is 5.69 Å². The van der Waals surface area contributed by atoms with Crippen LogP contribution in [0.3, 0.4) is 0 Å². The molecule has 2 aromatic heterocycles. The fourth-order valence-corrected chi connectivity index (χ4v) is 3.08. The highest BCUT2D eigenvalue weighted by molar-refractivity contribution is 7.15. The van der Waals surface area contributed by atoms with Gasteiger partial charge >= 0.3 is 0 Å². The Morgan fingerprint density at radius 3 is 3.10 bits per heavy atom. The lowest BCUT2D eigenvalue weighted by Gasteiger charge is -2.17. The Labute approximate surface area is 121 Å². The van der Waals surface area contributed by atoms with E-state index in [0.717, 1.165) is 29.2 Å². The Hall–Kier alpha value is -1.72. The molecule has 1 atom stereocenters. The van der Waals surface area contributed by atoms with Crippen LogP contribution < -0.4 is 5.32 Å². The first-order valence-corrected chi connectivity index (χ1v) is 7.54. The minimum absolute atomic E-state index is 0.0836. The molecule has 0 aliphatic carbocycles. The lowest BCUT2D eigenvalue weighted by atomic mass is 10.0. The third-order valence-corrected chi connectivity index (χ3v) is 4.03. The molecule has 0 aliphatic heterocycles. The number of nitrogens with zero attached hydrogens (tertiary/aromatic N) is 2. The maximum absolute atomic E-state index is 13.4. The van der Waals surface area contributed by atoms with Crippen LogP contribution in [0.2, 0.25) is 0 Å². The summed E-state index contributed by atoms with van der Waals surface area (Å²) in [6, 6.07) is 6.85. The number of fused-ring (bicyclic) bond motifs is 1. The first-order chi connectivity index (χ1) is 9.76. The Balaban J connectivity index is 1.85. The summed E-state index contributed by atoms with van der Waals surface area (Å²) in [5.74, 6) is -0.198. The van der Waals surface area contributed by atoms with Crippen LogP contribution in [0.4, 0.5) is 4.39 Å². The van der Waals surface area contributed by atoms with Gasteiger partial charge in [-0.15, -0.1) is 11.3 Å². The van der Waals surface area contributed by atoms with Crippen molar-refractivity contribution < 1.29 is 4.39 Å². The normalized spacial score (nSPS) is 12.9. The number of aromatic nitrogens is 2. The number of imidazole rings is 1. The molecule has 1 unspecified atom stereocenters. The Morgan fingerprint density at radius 2 is 2.35 bits per heavy atom. The van der Waals surface area contributed by atoms with Crippen molar-refractivity contribution >= 4 is 16.3 Å². The van der Waals surface area contributed by atoms with Crippen LogP contribution in [-0.4, -0.2) is 15.9 Å². The van der Waals surface area contributed by atoms with Crippen LogP contribution in [-0.2, 0) is 6.42 Å². The van der Waals surface area contributed by atoms with Gasteiger partial charge in [-0.2, -0.15) is 0 Å². The van der Waals surface area contributed by atoms with Gasteiger partial charge in [0, 0.05) is 30.2 Å². The number of halogens is 1. The zero-order valence-corrected chi connectivity index (χ0v) is 12.0. The molecule has 0 radical (unpaired) electrons. The van der Waals surface area contributed by atoms with Crippen molar-refractivity contribution in [2.75, 3.05) is 6.54 Å². The number of hydrogen-bond donors (Lipinski definition) is 1. The maximum Gasteiger partial charge on any atom is 0.193 e. The highest BCUT2D eigenvalue weighted by Crippen LogP contribution is 2.20. The van der Waals surface area contributed by atoms with E-state index in [0.29, 0.717) is 0 Å². The fourth-order valence-electron chi connectivity index (χ4n) is 2.36. The smallest absolute Gasteiger partial charge is 0.193 e. The second-order valence-electron chi connectivity index (χ2n) is 4.69. The number of likely N-dealkylation sites (N-methyl/N-ethyl adjacent to an activating group) is 1. The second-order valence-corrected chi connectivity index (χ2v) is 5.57. The number of rotatable bonds is 5. The third kappa shape index (κ3) is 2.73. The topological polar surface area (TPSA) is 29.3 Å². The Bertz CT molecular complexity index is 675.